The molecule has 18 heavy (non-hydrogen) atoms. The zero-order chi connectivity index (χ0) is 12.4. The summed E-state index contributed by atoms with van der Waals surface area (Å²) in [6.07, 6.45) is 8.36. The predicted molar refractivity (Wildman–Crippen MR) is 69.8 cm³/mol. The molecule has 5 heteroatoms. The molecule has 2 aliphatic rings. The van der Waals surface area contributed by atoms with Crippen molar-refractivity contribution in [3.8, 4) is 0 Å². The number of aromatic nitrogens is 3. The maximum Gasteiger partial charge on any atom is 0.147 e. The minimum absolute atomic E-state index is 0.396. The number of fused-ring (bicyclic) bond motifs is 1. The molecule has 100 valence electrons. The van der Waals surface area contributed by atoms with Crippen LogP contribution >= 0.6 is 0 Å². The molecule has 0 amide bonds. The van der Waals surface area contributed by atoms with E-state index < -0.39 is 0 Å². The first-order valence-electron chi connectivity index (χ1n) is 7.17. The molecular formula is C13H23N5. The van der Waals surface area contributed by atoms with Crippen LogP contribution in [-0.2, 0) is 13.1 Å². The van der Waals surface area contributed by atoms with Crippen LogP contribution in [0.25, 0.3) is 0 Å². The Morgan fingerprint density at radius 3 is 3.06 bits per heavy atom. The fourth-order valence-corrected chi connectivity index (χ4v) is 3.24. The lowest BCUT2D eigenvalue weighted by Crippen LogP contribution is -2.42. The molecule has 2 unspecified atom stereocenters. The Bertz CT molecular complexity index is 388. The van der Waals surface area contributed by atoms with Gasteiger partial charge in [-0.2, -0.15) is 0 Å². The van der Waals surface area contributed by atoms with Gasteiger partial charge in [0.05, 0.1) is 6.54 Å². The van der Waals surface area contributed by atoms with Crippen LogP contribution < -0.4 is 5.73 Å². The third kappa shape index (κ3) is 2.57. The van der Waals surface area contributed by atoms with E-state index in [2.05, 4.69) is 19.7 Å². The Hall–Kier alpha value is -0.940. The van der Waals surface area contributed by atoms with E-state index in [4.69, 9.17) is 5.73 Å². The summed E-state index contributed by atoms with van der Waals surface area (Å²) in [6, 6.07) is 0.396. The van der Waals surface area contributed by atoms with Gasteiger partial charge in [-0.15, -0.1) is 10.2 Å². The zero-order valence-electron chi connectivity index (χ0n) is 11.0. The van der Waals surface area contributed by atoms with Gasteiger partial charge in [0.1, 0.15) is 12.2 Å². The quantitative estimate of drug-likeness (QED) is 0.794. The first kappa shape index (κ1) is 12.1. The molecule has 3 rings (SSSR count). The molecule has 1 aliphatic carbocycles. The normalized spacial score (nSPS) is 29.8. The second-order valence-corrected chi connectivity index (χ2v) is 5.74. The molecule has 0 bridgehead atoms. The highest BCUT2D eigenvalue weighted by Crippen LogP contribution is 2.24. The number of rotatable bonds is 2. The van der Waals surface area contributed by atoms with Crippen LogP contribution in [0.4, 0.5) is 0 Å². The Kier molecular flexibility index (Phi) is 3.61. The van der Waals surface area contributed by atoms with E-state index in [1.165, 1.54) is 32.1 Å². The summed E-state index contributed by atoms with van der Waals surface area (Å²) in [6.45, 7) is 4.19. The average molecular weight is 249 g/mol. The SMILES string of the molecule is NC1CCCCCC1CN1CCn2cnnc2C1. The smallest absolute Gasteiger partial charge is 0.147 e. The Morgan fingerprint density at radius 1 is 1.22 bits per heavy atom. The Labute approximate surface area is 108 Å². The second-order valence-electron chi connectivity index (χ2n) is 5.74. The van der Waals surface area contributed by atoms with Gasteiger partial charge in [-0.1, -0.05) is 19.3 Å². The lowest BCUT2D eigenvalue weighted by molar-refractivity contribution is 0.168. The summed E-state index contributed by atoms with van der Waals surface area (Å²) in [5.74, 6) is 1.77. The number of nitrogens with two attached hydrogens (primary N) is 1. The van der Waals surface area contributed by atoms with Gasteiger partial charge >= 0.3 is 0 Å². The van der Waals surface area contributed by atoms with E-state index in [-0.39, 0.29) is 0 Å². The minimum atomic E-state index is 0.396. The van der Waals surface area contributed by atoms with E-state index in [0.29, 0.717) is 12.0 Å². The van der Waals surface area contributed by atoms with Crippen molar-refractivity contribution in [1.29, 1.82) is 0 Å². The summed E-state index contributed by atoms with van der Waals surface area (Å²) in [4.78, 5) is 2.50. The van der Waals surface area contributed by atoms with Gasteiger partial charge in [-0.3, -0.25) is 4.90 Å². The van der Waals surface area contributed by atoms with Crippen LogP contribution in [0.5, 0.6) is 0 Å². The molecule has 5 nitrogen and oxygen atoms in total. The van der Waals surface area contributed by atoms with Crippen molar-refractivity contribution in [2.75, 3.05) is 13.1 Å². The van der Waals surface area contributed by atoms with Crippen LogP contribution in [-0.4, -0.2) is 38.8 Å². The number of hydrogen-bond donors (Lipinski definition) is 1. The van der Waals surface area contributed by atoms with Crippen molar-refractivity contribution in [2.45, 2.75) is 51.2 Å². The molecule has 1 saturated carbocycles. The maximum absolute atomic E-state index is 6.31. The summed E-state index contributed by atoms with van der Waals surface area (Å²) in [5.41, 5.74) is 6.31. The van der Waals surface area contributed by atoms with Crippen molar-refractivity contribution in [2.24, 2.45) is 11.7 Å². The van der Waals surface area contributed by atoms with Gasteiger partial charge in [0.25, 0.3) is 0 Å². The highest BCUT2D eigenvalue weighted by molar-refractivity contribution is 4.91. The van der Waals surface area contributed by atoms with Gasteiger partial charge in [0.15, 0.2) is 0 Å². The molecule has 1 fully saturated rings. The van der Waals surface area contributed by atoms with E-state index in [9.17, 15) is 0 Å². The molecule has 0 radical (unpaired) electrons. The molecule has 0 saturated heterocycles. The lowest BCUT2D eigenvalue weighted by Gasteiger charge is -2.32. The van der Waals surface area contributed by atoms with Crippen LogP contribution in [0, 0.1) is 5.92 Å². The largest absolute Gasteiger partial charge is 0.327 e. The van der Waals surface area contributed by atoms with Crippen LogP contribution in [0.15, 0.2) is 6.33 Å². The topological polar surface area (TPSA) is 60.0 Å². The summed E-state index contributed by atoms with van der Waals surface area (Å²) < 4.78 is 2.16. The standard InChI is InChI=1S/C13H23N5/c14-12-5-3-1-2-4-11(12)8-17-6-7-18-10-15-16-13(18)9-17/h10-12H,1-9,14H2. The van der Waals surface area contributed by atoms with Gasteiger partial charge < -0.3 is 10.3 Å². The van der Waals surface area contributed by atoms with Crippen LogP contribution in [0.1, 0.15) is 37.9 Å². The minimum Gasteiger partial charge on any atom is -0.327 e. The predicted octanol–water partition coefficient (Wildman–Crippen LogP) is 1.00. The maximum atomic E-state index is 6.31. The molecule has 1 aromatic heterocycles. The van der Waals surface area contributed by atoms with Crippen molar-refractivity contribution in [3.05, 3.63) is 12.2 Å². The van der Waals surface area contributed by atoms with Crippen molar-refractivity contribution in [3.63, 3.8) is 0 Å². The van der Waals surface area contributed by atoms with Gasteiger partial charge in [-0.25, -0.2) is 0 Å². The van der Waals surface area contributed by atoms with Gasteiger partial charge in [-0.05, 0) is 18.8 Å². The fraction of sp³-hybridized carbons (Fsp3) is 0.846. The fourth-order valence-electron chi connectivity index (χ4n) is 3.24. The zero-order valence-corrected chi connectivity index (χ0v) is 11.0. The number of hydrogen-bond acceptors (Lipinski definition) is 4. The molecule has 0 aromatic carbocycles. The monoisotopic (exact) mass is 249 g/mol. The Balaban J connectivity index is 1.60. The first-order chi connectivity index (χ1) is 8.83. The van der Waals surface area contributed by atoms with Crippen LogP contribution in [0.2, 0.25) is 0 Å². The van der Waals surface area contributed by atoms with Crippen molar-refractivity contribution >= 4 is 0 Å². The van der Waals surface area contributed by atoms with Crippen LogP contribution in [0.3, 0.4) is 0 Å². The summed E-state index contributed by atoms with van der Waals surface area (Å²) in [7, 11) is 0. The van der Waals surface area contributed by atoms with E-state index in [0.717, 1.165) is 32.0 Å². The molecule has 2 N–H and O–H groups in total. The average Bonchev–Trinajstić information content (AvgIpc) is 2.75. The molecule has 2 atom stereocenters. The van der Waals surface area contributed by atoms with E-state index in [1.807, 2.05) is 6.33 Å². The molecule has 0 spiro atoms. The molecule has 2 heterocycles. The highest BCUT2D eigenvalue weighted by Gasteiger charge is 2.25. The summed E-state index contributed by atoms with van der Waals surface area (Å²) in [5, 5.41) is 8.15. The molecule has 1 aliphatic heterocycles. The van der Waals surface area contributed by atoms with Crippen molar-refractivity contribution in [1.82, 2.24) is 19.7 Å². The molecular weight excluding hydrogens is 226 g/mol. The first-order valence-corrected chi connectivity index (χ1v) is 7.17. The number of nitrogens with zero attached hydrogens (tertiary/aromatic N) is 4. The highest BCUT2D eigenvalue weighted by atomic mass is 15.3. The lowest BCUT2D eigenvalue weighted by atomic mass is 9.95. The van der Waals surface area contributed by atoms with E-state index in [1.54, 1.807) is 0 Å². The van der Waals surface area contributed by atoms with Crippen molar-refractivity contribution < 1.29 is 0 Å². The summed E-state index contributed by atoms with van der Waals surface area (Å²) >= 11 is 0. The van der Waals surface area contributed by atoms with Gasteiger partial charge in [0.2, 0.25) is 0 Å². The third-order valence-electron chi connectivity index (χ3n) is 4.43. The third-order valence-corrected chi connectivity index (χ3v) is 4.43. The van der Waals surface area contributed by atoms with E-state index >= 15 is 0 Å². The van der Waals surface area contributed by atoms with Gasteiger partial charge in [0, 0.05) is 25.7 Å². The second kappa shape index (κ2) is 5.36. The Morgan fingerprint density at radius 2 is 2.11 bits per heavy atom. The molecule has 1 aromatic rings.